The number of nitrogens with one attached hydrogen (secondary N) is 2. The Morgan fingerprint density at radius 2 is 2.24 bits per heavy atom. The van der Waals surface area contributed by atoms with Crippen molar-refractivity contribution in [2.45, 2.75) is 76.8 Å². The summed E-state index contributed by atoms with van der Waals surface area (Å²) in [5.41, 5.74) is 11.4. The molecule has 5 nitrogen and oxygen atoms in total. The predicted octanol–water partition coefficient (Wildman–Crippen LogP) is 6.29. The Labute approximate surface area is 200 Å². The molecule has 3 atom stereocenters. The van der Waals surface area contributed by atoms with Crippen molar-refractivity contribution in [1.82, 2.24) is 5.32 Å². The molecule has 1 heterocycles. The van der Waals surface area contributed by atoms with E-state index in [2.05, 4.69) is 35.7 Å². The van der Waals surface area contributed by atoms with Crippen LogP contribution in [-0.4, -0.2) is 31.1 Å². The molecular weight excluding hydrogens is 406 g/mol. The van der Waals surface area contributed by atoms with Gasteiger partial charge in [-0.15, -0.1) is 0 Å². The van der Waals surface area contributed by atoms with Crippen LogP contribution in [0.5, 0.6) is 0 Å². The minimum Gasteiger partial charge on any atom is -0.404 e. The normalized spacial score (nSPS) is 21.5. The monoisotopic (exact) mass is 447 g/mol. The summed E-state index contributed by atoms with van der Waals surface area (Å²) in [6, 6.07) is 8.21. The van der Waals surface area contributed by atoms with E-state index in [1.807, 2.05) is 36.7 Å². The molecule has 3 unspecified atom stereocenters. The molecule has 0 bridgehead atoms. The van der Waals surface area contributed by atoms with E-state index in [1.54, 1.807) is 6.20 Å². The first-order valence-corrected chi connectivity index (χ1v) is 12.5. The van der Waals surface area contributed by atoms with Gasteiger partial charge in [0.2, 0.25) is 0 Å². The topological polar surface area (TPSA) is 74.8 Å². The summed E-state index contributed by atoms with van der Waals surface area (Å²) in [4.78, 5) is 9.37. The predicted molar refractivity (Wildman–Crippen MR) is 144 cm³/mol. The molecule has 1 aliphatic carbocycles. The fourth-order valence-electron chi connectivity index (χ4n) is 4.65. The molecule has 5 heteroatoms. The second-order valence-electron chi connectivity index (χ2n) is 9.35. The molecule has 0 spiro atoms. The third kappa shape index (κ3) is 7.92. The molecule has 0 amide bonds. The van der Waals surface area contributed by atoms with Crippen molar-refractivity contribution in [3.63, 3.8) is 0 Å². The molecule has 33 heavy (non-hydrogen) atoms. The van der Waals surface area contributed by atoms with Crippen molar-refractivity contribution in [3.8, 4) is 0 Å². The number of para-hydroxylation sites is 2. The first-order valence-electron chi connectivity index (χ1n) is 12.5. The van der Waals surface area contributed by atoms with Gasteiger partial charge in [0.25, 0.3) is 0 Å². The van der Waals surface area contributed by atoms with Gasteiger partial charge in [-0.25, -0.2) is 0 Å². The van der Waals surface area contributed by atoms with Crippen LogP contribution in [0.3, 0.4) is 0 Å². The standard InChI is InChI=1S/C28H41N5/c1-4-25(15-16-30-22(3)10-8-12-23-11-7-9-21(2)17-23)31-19-24(18-29)28-20-32-26-13-5-6-14-27(26)33-28/h5-6,13-14,18-20,23,25,28,30,33H,2-4,7-12,15-17,29H2,1H3. The highest BCUT2D eigenvalue weighted by atomic mass is 15.0. The van der Waals surface area contributed by atoms with Crippen molar-refractivity contribution in [3.05, 3.63) is 60.5 Å². The first kappa shape index (κ1) is 24.8. The van der Waals surface area contributed by atoms with Gasteiger partial charge in [0.1, 0.15) is 0 Å². The Kier molecular flexibility index (Phi) is 9.79. The first-order chi connectivity index (χ1) is 16.1. The van der Waals surface area contributed by atoms with E-state index in [4.69, 9.17) is 10.7 Å². The second-order valence-corrected chi connectivity index (χ2v) is 9.35. The Balaban J connectivity index is 1.37. The average molecular weight is 448 g/mol. The van der Waals surface area contributed by atoms with Gasteiger partial charge in [-0.3, -0.25) is 9.98 Å². The lowest BCUT2D eigenvalue weighted by Gasteiger charge is -2.23. The van der Waals surface area contributed by atoms with Crippen LogP contribution in [0.15, 0.2) is 70.5 Å². The minimum absolute atomic E-state index is 0.0645. The largest absolute Gasteiger partial charge is 0.404 e. The summed E-state index contributed by atoms with van der Waals surface area (Å²) in [6.07, 6.45) is 16.1. The molecule has 4 N–H and O–H groups in total. The zero-order valence-electron chi connectivity index (χ0n) is 20.2. The van der Waals surface area contributed by atoms with Crippen LogP contribution in [-0.2, 0) is 0 Å². The smallest absolute Gasteiger partial charge is 0.0899 e. The number of benzene rings is 1. The zero-order valence-corrected chi connectivity index (χ0v) is 20.2. The maximum atomic E-state index is 5.92. The summed E-state index contributed by atoms with van der Waals surface area (Å²) < 4.78 is 0. The van der Waals surface area contributed by atoms with Crippen LogP contribution >= 0.6 is 0 Å². The number of fused-ring (bicyclic) bond motifs is 1. The molecule has 1 saturated carbocycles. The average Bonchev–Trinajstić information content (AvgIpc) is 2.83. The summed E-state index contributed by atoms with van der Waals surface area (Å²) in [5, 5.41) is 6.99. The van der Waals surface area contributed by atoms with Gasteiger partial charge in [-0.2, -0.15) is 0 Å². The molecule has 0 aromatic heterocycles. The summed E-state index contributed by atoms with van der Waals surface area (Å²) in [5.74, 6) is 0.833. The fourth-order valence-corrected chi connectivity index (χ4v) is 4.65. The number of anilines is 1. The number of hydrogen-bond donors (Lipinski definition) is 3. The van der Waals surface area contributed by atoms with Crippen molar-refractivity contribution in [2.75, 3.05) is 11.9 Å². The van der Waals surface area contributed by atoms with E-state index in [0.29, 0.717) is 0 Å². The van der Waals surface area contributed by atoms with Gasteiger partial charge in [-0.1, -0.05) is 37.8 Å². The Morgan fingerprint density at radius 1 is 1.39 bits per heavy atom. The second kappa shape index (κ2) is 13.0. The molecule has 178 valence electrons. The maximum absolute atomic E-state index is 5.92. The summed E-state index contributed by atoms with van der Waals surface area (Å²) in [6.45, 7) is 11.5. The Bertz CT molecular complexity index is 882. The SMILES string of the molecule is C=C1CCCC(CCCC(=C)NCCC(CC)N=CC(=CN)C2C=Nc3ccccc3N2)C1. The Hall–Kier alpha value is -2.82. The van der Waals surface area contributed by atoms with E-state index in [0.717, 1.165) is 54.4 Å². The molecule has 2 aliphatic rings. The number of hydrogen-bond acceptors (Lipinski definition) is 5. The minimum atomic E-state index is -0.0645. The van der Waals surface area contributed by atoms with Crippen LogP contribution in [0.2, 0.25) is 0 Å². The van der Waals surface area contributed by atoms with E-state index >= 15 is 0 Å². The molecular formula is C28H41N5. The quantitative estimate of drug-likeness (QED) is 0.260. The number of aliphatic imine (C=N–C) groups is 2. The molecule has 0 radical (unpaired) electrons. The van der Waals surface area contributed by atoms with Gasteiger partial charge in [-0.05, 0) is 75.8 Å². The molecule has 1 aromatic carbocycles. The lowest BCUT2D eigenvalue weighted by Crippen LogP contribution is -2.27. The third-order valence-corrected chi connectivity index (χ3v) is 6.70. The highest BCUT2D eigenvalue weighted by Gasteiger charge is 2.17. The number of allylic oxidation sites excluding steroid dienone is 2. The van der Waals surface area contributed by atoms with Gasteiger partial charge in [0.15, 0.2) is 0 Å². The zero-order chi connectivity index (χ0) is 23.5. The number of nitrogens with two attached hydrogens (primary N) is 1. The van der Waals surface area contributed by atoms with Crippen LogP contribution in [0, 0.1) is 5.92 Å². The summed E-state index contributed by atoms with van der Waals surface area (Å²) in [7, 11) is 0. The third-order valence-electron chi connectivity index (χ3n) is 6.70. The van der Waals surface area contributed by atoms with Crippen LogP contribution < -0.4 is 16.4 Å². The lowest BCUT2D eigenvalue weighted by molar-refractivity contribution is 0.383. The van der Waals surface area contributed by atoms with Gasteiger partial charge in [0, 0.05) is 36.4 Å². The molecule has 1 aliphatic heterocycles. The molecule has 0 saturated heterocycles. The lowest BCUT2D eigenvalue weighted by atomic mass is 9.83. The van der Waals surface area contributed by atoms with Gasteiger partial charge in [0.05, 0.1) is 23.5 Å². The molecule has 3 rings (SSSR count). The number of rotatable bonds is 12. The van der Waals surface area contributed by atoms with Crippen LogP contribution in [0.25, 0.3) is 0 Å². The molecule has 1 fully saturated rings. The number of nitrogens with zero attached hydrogens (tertiary/aromatic N) is 2. The van der Waals surface area contributed by atoms with E-state index in [1.165, 1.54) is 44.1 Å². The highest BCUT2D eigenvalue weighted by Crippen LogP contribution is 2.31. The summed E-state index contributed by atoms with van der Waals surface area (Å²) >= 11 is 0. The fraction of sp³-hybridized carbons (Fsp3) is 0.500. The Morgan fingerprint density at radius 3 is 3.03 bits per heavy atom. The van der Waals surface area contributed by atoms with E-state index in [9.17, 15) is 0 Å². The van der Waals surface area contributed by atoms with Gasteiger partial charge >= 0.3 is 0 Å². The van der Waals surface area contributed by atoms with E-state index in [-0.39, 0.29) is 12.1 Å². The van der Waals surface area contributed by atoms with Crippen molar-refractivity contribution in [2.24, 2.45) is 21.6 Å². The van der Waals surface area contributed by atoms with Crippen LogP contribution in [0.1, 0.15) is 64.7 Å². The maximum Gasteiger partial charge on any atom is 0.0899 e. The van der Waals surface area contributed by atoms with Crippen molar-refractivity contribution in [1.29, 1.82) is 0 Å². The van der Waals surface area contributed by atoms with Gasteiger partial charge < -0.3 is 16.4 Å². The molecule has 1 aromatic rings. The highest BCUT2D eigenvalue weighted by molar-refractivity contribution is 5.94. The van der Waals surface area contributed by atoms with Crippen molar-refractivity contribution < 1.29 is 0 Å². The van der Waals surface area contributed by atoms with Crippen molar-refractivity contribution >= 4 is 23.8 Å². The van der Waals surface area contributed by atoms with E-state index < -0.39 is 0 Å². The van der Waals surface area contributed by atoms with Crippen LogP contribution in [0.4, 0.5) is 11.4 Å².